The van der Waals surface area contributed by atoms with Gasteiger partial charge in [-0.05, 0) is 36.6 Å². The number of ether oxygens (including phenoxy) is 1. The number of hydrogen-bond acceptors (Lipinski definition) is 2. The number of H-pyrrole nitrogens is 1. The van der Waals surface area contributed by atoms with Gasteiger partial charge in [-0.2, -0.15) is 0 Å². The van der Waals surface area contributed by atoms with Crippen LogP contribution < -0.4 is 10.5 Å². The molecule has 0 radical (unpaired) electrons. The van der Waals surface area contributed by atoms with E-state index < -0.39 is 0 Å². The minimum absolute atomic E-state index is 0. The summed E-state index contributed by atoms with van der Waals surface area (Å²) in [5.41, 5.74) is 9.40. The molecule has 1 aromatic heterocycles. The second-order valence-electron chi connectivity index (χ2n) is 5.48. The van der Waals surface area contributed by atoms with E-state index >= 15 is 0 Å². The number of halogens is 1. The van der Waals surface area contributed by atoms with Crippen LogP contribution in [0.2, 0.25) is 0 Å². The molecule has 3 rings (SSSR count). The Morgan fingerprint density at radius 2 is 1.91 bits per heavy atom. The monoisotopic (exact) mass is 316 g/mol. The van der Waals surface area contributed by atoms with Crippen molar-refractivity contribution >= 4 is 23.3 Å². The fraction of sp³-hybridized carbons (Fsp3) is 0.222. The van der Waals surface area contributed by atoms with Crippen LogP contribution in [0.3, 0.4) is 0 Å². The van der Waals surface area contributed by atoms with Gasteiger partial charge in [0, 0.05) is 29.2 Å². The first-order valence-corrected chi connectivity index (χ1v) is 7.24. The minimum Gasteiger partial charge on any atom is -0.489 e. The van der Waals surface area contributed by atoms with Gasteiger partial charge in [0.1, 0.15) is 12.4 Å². The molecule has 0 bridgehead atoms. The van der Waals surface area contributed by atoms with E-state index in [4.69, 9.17) is 10.5 Å². The lowest BCUT2D eigenvalue weighted by atomic mass is 10.1. The molecule has 0 aliphatic heterocycles. The Bertz CT molecular complexity index is 722. The smallest absolute Gasteiger partial charge is 0.121 e. The number of hydrogen-bond donors (Lipinski definition) is 2. The van der Waals surface area contributed by atoms with Gasteiger partial charge in [0.25, 0.3) is 0 Å². The molecule has 1 atom stereocenters. The maximum Gasteiger partial charge on any atom is 0.121 e. The lowest BCUT2D eigenvalue weighted by molar-refractivity contribution is 0.306. The molecular weight excluding hydrogens is 296 g/mol. The highest BCUT2D eigenvalue weighted by Gasteiger charge is 2.07. The van der Waals surface area contributed by atoms with Gasteiger partial charge in [-0.15, -0.1) is 12.4 Å². The second-order valence-corrected chi connectivity index (χ2v) is 5.48. The van der Waals surface area contributed by atoms with E-state index in [0.29, 0.717) is 6.61 Å². The van der Waals surface area contributed by atoms with Gasteiger partial charge >= 0.3 is 0 Å². The van der Waals surface area contributed by atoms with Crippen LogP contribution in [-0.4, -0.2) is 11.0 Å². The first kappa shape index (κ1) is 16.4. The standard InChI is InChI=1S/C18H20N2O.ClH/c1-13(19)9-15-11-20-18-10-16(7-8-17(15)18)21-12-14-5-3-2-4-6-14;/h2-8,10-11,13,20H,9,12,19H2,1H3;1H. The zero-order valence-electron chi connectivity index (χ0n) is 12.6. The number of nitrogens with two attached hydrogens (primary N) is 1. The molecule has 1 unspecified atom stereocenters. The quantitative estimate of drug-likeness (QED) is 0.746. The van der Waals surface area contributed by atoms with E-state index in [9.17, 15) is 0 Å². The molecule has 0 amide bonds. The Balaban J connectivity index is 0.00000176. The molecule has 4 heteroatoms. The van der Waals surface area contributed by atoms with Gasteiger partial charge < -0.3 is 15.5 Å². The molecule has 0 aliphatic carbocycles. The maximum absolute atomic E-state index is 5.88. The van der Waals surface area contributed by atoms with Crippen molar-refractivity contribution in [1.82, 2.24) is 4.98 Å². The molecule has 0 fully saturated rings. The molecule has 22 heavy (non-hydrogen) atoms. The molecule has 3 aromatic rings. The van der Waals surface area contributed by atoms with Crippen LogP contribution >= 0.6 is 12.4 Å². The van der Waals surface area contributed by atoms with E-state index in [-0.39, 0.29) is 18.4 Å². The van der Waals surface area contributed by atoms with Gasteiger partial charge in [0.05, 0.1) is 0 Å². The summed E-state index contributed by atoms with van der Waals surface area (Å²) in [6.45, 7) is 2.61. The topological polar surface area (TPSA) is 51.0 Å². The highest BCUT2D eigenvalue weighted by molar-refractivity contribution is 5.85. The summed E-state index contributed by atoms with van der Waals surface area (Å²) in [5.74, 6) is 0.876. The predicted molar refractivity (Wildman–Crippen MR) is 93.7 cm³/mol. The summed E-state index contributed by atoms with van der Waals surface area (Å²) < 4.78 is 5.85. The van der Waals surface area contributed by atoms with Gasteiger partial charge in [-0.25, -0.2) is 0 Å². The van der Waals surface area contributed by atoms with Gasteiger partial charge in [-0.3, -0.25) is 0 Å². The summed E-state index contributed by atoms with van der Waals surface area (Å²) in [7, 11) is 0. The third-order valence-corrected chi connectivity index (χ3v) is 3.53. The van der Waals surface area contributed by atoms with Crippen molar-refractivity contribution in [1.29, 1.82) is 0 Å². The lowest BCUT2D eigenvalue weighted by Gasteiger charge is -2.07. The van der Waals surface area contributed by atoms with E-state index in [0.717, 1.165) is 17.7 Å². The van der Waals surface area contributed by atoms with E-state index in [1.165, 1.54) is 16.5 Å². The van der Waals surface area contributed by atoms with E-state index in [2.05, 4.69) is 23.2 Å². The predicted octanol–water partition coefficient (Wildman–Crippen LogP) is 4.06. The Labute approximate surface area is 136 Å². The van der Waals surface area contributed by atoms with Gasteiger partial charge in [0.2, 0.25) is 0 Å². The number of nitrogens with one attached hydrogen (secondary N) is 1. The van der Waals surface area contributed by atoms with E-state index in [1.807, 2.05) is 43.5 Å². The van der Waals surface area contributed by atoms with Crippen LogP contribution in [0, 0.1) is 0 Å². The van der Waals surface area contributed by atoms with Crippen LogP contribution in [-0.2, 0) is 13.0 Å². The van der Waals surface area contributed by atoms with Crippen molar-refractivity contribution in [3.05, 3.63) is 65.9 Å². The first-order valence-electron chi connectivity index (χ1n) is 7.24. The van der Waals surface area contributed by atoms with Crippen LogP contribution in [0.1, 0.15) is 18.1 Å². The molecule has 0 spiro atoms. The highest BCUT2D eigenvalue weighted by atomic mass is 35.5. The van der Waals surface area contributed by atoms with Gasteiger partial charge in [-0.1, -0.05) is 30.3 Å². The Hall–Kier alpha value is -1.97. The van der Waals surface area contributed by atoms with Crippen molar-refractivity contribution in [2.24, 2.45) is 5.73 Å². The fourth-order valence-corrected chi connectivity index (χ4v) is 2.51. The number of fused-ring (bicyclic) bond motifs is 1. The first-order chi connectivity index (χ1) is 10.2. The Kier molecular flexibility index (Phi) is 5.47. The van der Waals surface area contributed by atoms with Gasteiger partial charge in [0.15, 0.2) is 0 Å². The summed E-state index contributed by atoms with van der Waals surface area (Å²) >= 11 is 0. The zero-order valence-corrected chi connectivity index (χ0v) is 13.4. The Morgan fingerprint density at radius 1 is 1.14 bits per heavy atom. The number of aromatic amines is 1. The summed E-state index contributed by atoms with van der Waals surface area (Å²) in [4.78, 5) is 3.30. The molecular formula is C18H21ClN2O. The molecule has 2 aromatic carbocycles. The Morgan fingerprint density at radius 3 is 2.64 bits per heavy atom. The molecule has 116 valence electrons. The maximum atomic E-state index is 5.88. The number of benzene rings is 2. The zero-order chi connectivity index (χ0) is 14.7. The third kappa shape index (κ3) is 3.81. The number of aromatic nitrogens is 1. The fourth-order valence-electron chi connectivity index (χ4n) is 2.51. The van der Waals surface area contributed by atoms with Crippen molar-refractivity contribution in [3.63, 3.8) is 0 Å². The SMILES string of the molecule is CC(N)Cc1c[nH]c2cc(OCc3ccccc3)ccc12.Cl. The van der Waals surface area contributed by atoms with Crippen molar-refractivity contribution in [2.45, 2.75) is 26.0 Å². The molecule has 0 aliphatic rings. The minimum atomic E-state index is 0. The van der Waals surface area contributed by atoms with Crippen LogP contribution in [0.25, 0.3) is 10.9 Å². The van der Waals surface area contributed by atoms with Crippen molar-refractivity contribution in [2.75, 3.05) is 0 Å². The molecule has 0 saturated heterocycles. The lowest BCUT2D eigenvalue weighted by Crippen LogP contribution is -2.17. The molecule has 3 N–H and O–H groups in total. The van der Waals surface area contributed by atoms with E-state index in [1.54, 1.807) is 0 Å². The highest BCUT2D eigenvalue weighted by Crippen LogP contribution is 2.24. The molecule has 0 saturated carbocycles. The average molecular weight is 317 g/mol. The average Bonchev–Trinajstić information content (AvgIpc) is 2.88. The normalized spacial score (nSPS) is 11.9. The summed E-state index contributed by atoms with van der Waals surface area (Å²) in [5, 5.41) is 1.22. The largest absolute Gasteiger partial charge is 0.489 e. The summed E-state index contributed by atoms with van der Waals surface area (Å²) in [6.07, 6.45) is 2.92. The van der Waals surface area contributed by atoms with Crippen molar-refractivity contribution in [3.8, 4) is 5.75 Å². The molecule has 3 nitrogen and oxygen atoms in total. The second kappa shape index (κ2) is 7.34. The van der Waals surface area contributed by atoms with Crippen LogP contribution in [0.5, 0.6) is 5.75 Å². The number of rotatable bonds is 5. The molecule has 1 heterocycles. The summed E-state index contributed by atoms with van der Waals surface area (Å²) in [6, 6.07) is 16.5. The van der Waals surface area contributed by atoms with Crippen molar-refractivity contribution < 1.29 is 4.74 Å². The van der Waals surface area contributed by atoms with Crippen LogP contribution in [0.4, 0.5) is 0 Å². The third-order valence-electron chi connectivity index (χ3n) is 3.53. The van der Waals surface area contributed by atoms with Crippen LogP contribution in [0.15, 0.2) is 54.7 Å².